The van der Waals surface area contributed by atoms with E-state index in [2.05, 4.69) is 6.92 Å². The van der Waals surface area contributed by atoms with Gasteiger partial charge in [-0.25, -0.2) is 8.78 Å². The molecule has 2 rings (SSSR count). The molecule has 2 unspecified atom stereocenters. The Labute approximate surface area is 81.9 Å². The molecule has 14 heavy (non-hydrogen) atoms. The zero-order valence-electron chi connectivity index (χ0n) is 8.06. The minimum Gasteiger partial charge on any atom is -0.325 e. The Morgan fingerprint density at radius 1 is 1.36 bits per heavy atom. The van der Waals surface area contributed by atoms with Gasteiger partial charge in [0.25, 0.3) is 0 Å². The molecule has 0 amide bonds. The molecule has 1 fully saturated rings. The summed E-state index contributed by atoms with van der Waals surface area (Å²) in [5.41, 5.74) is 6.39. The quantitative estimate of drug-likeness (QED) is 0.773. The van der Waals surface area contributed by atoms with E-state index in [4.69, 9.17) is 5.73 Å². The summed E-state index contributed by atoms with van der Waals surface area (Å²) < 4.78 is 25.7. The van der Waals surface area contributed by atoms with E-state index in [1.807, 2.05) is 0 Å². The standard InChI is InChI=1S/C11H13F2N/c1-7-5-11(7,14)6-8-2-9(12)4-10(13)3-8/h2-4,7H,5-6,14H2,1H3. The summed E-state index contributed by atoms with van der Waals surface area (Å²) in [5, 5.41) is 0. The fourth-order valence-electron chi connectivity index (χ4n) is 1.85. The van der Waals surface area contributed by atoms with Gasteiger partial charge in [-0.05, 0) is 36.5 Å². The topological polar surface area (TPSA) is 26.0 Å². The molecule has 3 heteroatoms. The highest BCUT2D eigenvalue weighted by molar-refractivity contribution is 5.23. The van der Waals surface area contributed by atoms with E-state index >= 15 is 0 Å². The lowest BCUT2D eigenvalue weighted by molar-refractivity contribution is 0.567. The predicted octanol–water partition coefficient (Wildman–Crippen LogP) is 2.24. The third-order valence-corrected chi connectivity index (χ3v) is 2.96. The highest BCUT2D eigenvalue weighted by Crippen LogP contribution is 2.42. The second-order valence-corrected chi connectivity index (χ2v) is 4.29. The van der Waals surface area contributed by atoms with Crippen molar-refractivity contribution in [1.29, 1.82) is 0 Å². The van der Waals surface area contributed by atoms with Gasteiger partial charge in [-0.2, -0.15) is 0 Å². The Kier molecular flexibility index (Phi) is 2.07. The van der Waals surface area contributed by atoms with Crippen molar-refractivity contribution in [1.82, 2.24) is 0 Å². The molecule has 0 aromatic heterocycles. The maximum absolute atomic E-state index is 12.8. The molecule has 0 radical (unpaired) electrons. The van der Waals surface area contributed by atoms with Crippen molar-refractivity contribution in [2.45, 2.75) is 25.3 Å². The first kappa shape index (κ1) is 9.59. The first-order valence-corrected chi connectivity index (χ1v) is 4.73. The SMILES string of the molecule is CC1CC1(N)Cc1cc(F)cc(F)c1. The van der Waals surface area contributed by atoms with E-state index in [9.17, 15) is 8.78 Å². The van der Waals surface area contributed by atoms with Crippen LogP contribution < -0.4 is 5.73 Å². The summed E-state index contributed by atoms with van der Waals surface area (Å²) in [5.74, 6) is -0.609. The van der Waals surface area contributed by atoms with Crippen LogP contribution in [0.1, 0.15) is 18.9 Å². The zero-order chi connectivity index (χ0) is 10.3. The van der Waals surface area contributed by atoms with E-state index < -0.39 is 11.6 Å². The maximum Gasteiger partial charge on any atom is 0.126 e. The van der Waals surface area contributed by atoms with Gasteiger partial charge in [-0.3, -0.25) is 0 Å². The molecule has 1 aliphatic carbocycles. The van der Waals surface area contributed by atoms with Crippen LogP contribution in [0.5, 0.6) is 0 Å². The fourth-order valence-corrected chi connectivity index (χ4v) is 1.85. The Bertz CT molecular complexity index is 344. The predicted molar refractivity (Wildman–Crippen MR) is 50.8 cm³/mol. The van der Waals surface area contributed by atoms with Crippen LogP contribution in [0.15, 0.2) is 18.2 Å². The summed E-state index contributed by atoms with van der Waals surface area (Å²) in [4.78, 5) is 0. The summed E-state index contributed by atoms with van der Waals surface area (Å²) in [6, 6.07) is 3.58. The lowest BCUT2D eigenvalue weighted by atomic mass is 10.0. The van der Waals surface area contributed by atoms with Crippen LogP contribution in [-0.2, 0) is 6.42 Å². The van der Waals surface area contributed by atoms with Crippen LogP contribution in [0, 0.1) is 17.6 Å². The maximum atomic E-state index is 12.8. The van der Waals surface area contributed by atoms with Gasteiger partial charge in [0.15, 0.2) is 0 Å². The van der Waals surface area contributed by atoms with Crippen molar-refractivity contribution < 1.29 is 8.78 Å². The van der Waals surface area contributed by atoms with E-state index in [0.29, 0.717) is 17.9 Å². The van der Waals surface area contributed by atoms with Gasteiger partial charge in [-0.15, -0.1) is 0 Å². The van der Waals surface area contributed by atoms with Crippen LogP contribution in [0.25, 0.3) is 0 Å². The lowest BCUT2D eigenvalue weighted by Crippen LogP contribution is -2.27. The summed E-state index contributed by atoms with van der Waals surface area (Å²) in [6.07, 6.45) is 1.49. The Morgan fingerprint density at radius 2 is 1.86 bits per heavy atom. The molecule has 2 N–H and O–H groups in total. The summed E-state index contributed by atoms with van der Waals surface area (Å²) in [6.45, 7) is 2.05. The third-order valence-electron chi connectivity index (χ3n) is 2.96. The molecule has 1 aromatic carbocycles. The molecule has 0 aliphatic heterocycles. The molecule has 76 valence electrons. The second-order valence-electron chi connectivity index (χ2n) is 4.29. The lowest BCUT2D eigenvalue weighted by Gasteiger charge is -2.10. The van der Waals surface area contributed by atoms with Crippen molar-refractivity contribution in [3.63, 3.8) is 0 Å². The molecule has 2 atom stereocenters. The highest BCUT2D eigenvalue weighted by atomic mass is 19.1. The van der Waals surface area contributed by atoms with Crippen LogP contribution in [0.3, 0.4) is 0 Å². The molecule has 0 spiro atoms. The number of hydrogen-bond donors (Lipinski definition) is 1. The molecule has 1 aliphatic rings. The van der Waals surface area contributed by atoms with Crippen molar-refractivity contribution in [2.75, 3.05) is 0 Å². The zero-order valence-corrected chi connectivity index (χ0v) is 8.06. The Balaban J connectivity index is 2.17. The van der Waals surface area contributed by atoms with Crippen LogP contribution in [0.2, 0.25) is 0 Å². The van der Waals surface area contributed by atoms with Crippen molar-refractivity contribution in [3.05, 3.63) is 35.4 Å². The highest BCUT2D eigenvalue weighted by Gasteiger charge is 2.47. The summed E-state index contributed by atoms with van der Waals surface area (Å²) >= 11 is 0. The monoisotopic (exact) mass is 197 g/mol. The third kappa shape index (κ3) is 1.77. The number of halogens is 2. The number of benzene rings is 1. The van der Waals surface area contributed by atoms with Crippen LogP contribution in [-0.4, -0.2) is 5.54 Å². The van der Waals surface area contributed by atoms with Crippen LogP contribution in [0.4, 0.5) is 8.78 Å². The number of rotatable bonds is 2. The normalized spacial score (nSPS) is 30.4. The molecule has 0 heterocycles. The van der Waals surface area contributed by atoms with Gasteiger partial charge in [0.1, 0.15) is 11.6 Å². The smallest absolute Gasteiger partial charge is 0.126 e. The largest absolute Gasteiger partial charge is 0.325 e. The number of hydrogen-bond acceptors (Lipinski definition) is 1. The van der Waals surface area contributed by atoms with Gasteiger partial charge in [0, 0.05) is 11.6 Å². The first-order valence-electron chi connectivity index (χ1n) is 4.73. The Morgan fingerprint density at radius 3 is 2.29 bits per heavy atom. The average Bonchev–Trinajstić information content (AvgIpc) is 2.55. The van der Waals surface area contributed by atoms with Gasteiger partial charge in [0.2, 0.25) is 0 Å². The van der Waals surface area contributed by atoms with Gasteiger partial charge in [0.05, 0.1) is 0 Å². The number of nitrogens with two attached hydrogens (primary N) is 1. The molecular formula is C11H13F2N. The Hall–Kier alpha value is -0.960. The molecule has 1 saturated carbocycles. The van der Waals surface area contributed by atoms with Gasteiger partial charge >= 0.3 is 0 Å². The summed E-state index contributed by atoms with van der Waals surface area (Å²) in [7, 11) is 0. The fraction of sp³-hybridized carbons (Fsp3) is 0.455. The minimum atomic E-state index is -0.531. The minimum absolute atomic E-state index is 0.236. The van der Waals surface area contributed by atoms with Crippen molar-refractivity contribution >= 4 is 0 Å². The molecule has 1 aromatic rings. The van der Waals surface area contributed by atoms with E-state index in [1.165, 1.54) is 12.1 Å². The van der Waals surface area contributed by atoms with E-state index in [0.717, 1.165) is 12.5 Å². The van der Waals surface area contributed by atoms with Crippen LogP contribution >= 0.6 is 0 Å². The molecular weight excluding hydrogens is 184 g/mol. The average molecular weight is 197 g/mol. The molecule has 0 saturated heterocycles. The van der Waals surface area contributed by atoms with E-state index in [1.54, 1.807) is 0 Å². The second kappa shape index (κ2) is 3.02. The van der Waals surface area contributed by atoms with E-state index in [-0.39, 0.29) is 5.54 Å². The van der Waals surface area contributed by atoms with Gasteiger partial charge < -0.3 is 5.73 Å². The van der Waals surface area contributed by atoms with Crippen molar-refractivity contribution in [2.24, 2.45) is 11.7 Å². The first-order chi connectivity index (χ1) is 6.49. The molecule has 0 bridgehead atoms. The molecule has 1 nitrogen and oxygen atoms in total. The van der Waals surface area contributed by atoms with Gasteiger partial charge in [-0.1, -0.05) is 6.92 Å². The van der Waals surface area contributed by atoms with Crippen molar-refractivity contribution in [3.8, 4) is 0 Å².